The molecule has 0 bridgehead atoms. The number of hydrogen-bond donors (Lipinski definition) is 1. The first-order chi connectivity index (χ1) is 8.10. The molecule has 0 spiro atoms. The van der Waals surface area contributed by atoms with Crippen LogP contribution < -0.4 is 5.32 Å². The average molecular weight is 239 g/mol. The Balaban J connectivity index is 2.53. The van der Waals surface area contributed by atoms with Crippen LogP contribution in [0, 0.1) is 17.2 Å². The van der Waals surface area contributed by atoms with Crippen molar-refractivity contribution in [1.29, 1.82) is 5.26 Å². The minimum atomic E-state index is -0.726. The normalized spacial score (nSPS) is 23.9. The first-order valence-corrected chi connectivity index (χ1v) is 5.57. The first-order valence-electron chi connectivity index (χ1n) is 5.57. The van der Waals surface area contributed by atoms with Crippen LogP contribution in [0.5, 0.6) is 0 Å². The van der Waals surface area contributed by atoms with E-state index in [1.165, 1.54) is 4.90 Å². The van der Waals surface area contributed by atoms with Gasteiger partial charge in [0, 0.05) is 20.2 Å². The Morgan fingerprint density at radius 3 is 2.88 bits per heavy atom. The number of nitrogens with zero attached hydrogens (tertiary/aromatic N) is 2. The summed E-state index contributed by atoms with van der Waals surface area (Å²) >= 11 is 0. The van der Waals surface area contributed by atoms with Crippen molar-refractivity contribution in [3.8, 4) is 6.07 Å². The van der Waals surface area contributed by atoms with Crippen LogP contribution in [0.25, 0.3) is 0 Å². The molecule has 2 unspecified atom stereocenters. The molecule has 1 saturated heterocycles. The van der Waals surface area contributed by atoms with E-state index in [4.69, 9.17) is 10.00 Å². The number of nitriles is 1. The summed E-state index contributed by atoms with van der Waals surface area (Å²) in [6.07, 6.45) is 0.784. The van der Waals surface area contributed by atoms with Crippen LogP contribution in [0.15, 0.2) is 0 Å². The summed E-state index contributed by atoms with van der Waals surface area (Å²) in [5.41, 5.74) is 0. The number of ether oxygens (including phenoxy) is 1. The van der Waals surface area contributed by atoms with Gasteiger partial charge in [-0.25, -0.2) is 0 Å². The van der Waals surface area contributed by atoms with E-state index >= 15 is 0 Å². The van der Waals surface area contributed by atoms with Crippen LogP contribution in [-0.2, 0) is 14.3 Å². The Kier molecular flexibility index (Phi) is 4.91. The molecule has 0 aromatic heterocycles. The fourth-order valence-electron chi connectivity index (χ4n) is 1.86. The number of hydrogen-bond acceptors (Lipinski definition) is 4. The van der Waals surface area contributed by atoms with Crippen LogP contribution in [0.3, 0.4) is 0 Å². The quantitative estimate of drug-likeness (QED) is 0.520. The molecule has 2 atom stereocenters. The number of nitrogens with one attached hydrogen (secondary N) is 1. The van der Waals surface area contributed by atoms with E-state index in [9.17, 15) is 9.59 Å². The maximum Gasteiger partial charge on any atom is 0.311 e. The van der Waals surface area contributed by atoms with Crippen molar-refractivity contribution in [2.75, 3.05) is 26.7 Å². The summed E-state index contributed by atoms with van der Waals surface area (Å²) < 4.78 is 5.27. The molecule has 6 heteroatoms. The molecule has 1 N–H and O–H groups in total. The smallest absolute Gasteiger partial charge is 0.311 e. The van der Waals surface area contributed by atoms with E-state index in [0.717, 1.165) is 6.42 Å². The SMILES string of the molecule is COC1CN(C(=O)C(=O)NCC#N)CCC1C. The van der Waals surface area contributed by atoms with Crippen LogP contribution in [0.1, 0.15) is 13.3 Å². The van der Waals surface area contributed by atoms with Gasteiger partial charge in [0.2, 0.25) is 0 Å². The van der Waals surface area contributed by atoms with Gasteiger partial charge in [-0.3, -0.25) is 9.59 Å². The number of amides is 2. The molecule has 0 radical (unpaired) electrons. The maximum atomic E-state index is 11.7. The topological polar surface area (TPSA) is 82.4 Å². The van der Waals surface area contributed by atoms with E-state index in [0.29, 0.717) is 19.0 Å². The second-order valence-corrected chi connectivity index (χ2v) is 4.13. The second kappa shape index (κ2) is 6.21. The third-order valence-corrected chi connectivity index (χ3v) is 3.00. The zero-order chi connectivity index (χ0) is 12.8. The number of carbonyl (C=O) groups excluding carboxylic acids is 2. The summed E-state index contributed by atoms with van der Waals surface area (Å²) in [6, 6.07) is 1.76. The van der Waals surface area contributed by atoms with Gasteiger partial charge in [-0.2, -0.15) is 5.26 Å². The first kappa shape index (κ1) is 13.5. The molecule has 17 heavy (non-hydrogen) atoms. The predicted octanol–water partition coefficient (Wildman–Crippen LogP) is -0.490. The highest BCUT2D eigenvalue weighted by atomic mass is 16.5. The molecule has 1 rings (SSSR count). The van der Waals surface area contributed by atoms with Crippen molar-refractivity contribution >= 4 is 11.8 Å². The molecule has 0 saturated carbocycles. The van der Waals surface area contributed by atoms with Crippen LogP contribution in [0.2, 0.25) is 0 Å². The largest absolute Gasteiger partial charge is 0.379 e. The molecular formula is C11H17N3O3. The number of likely N-dealkylation sites (tertiary alicyclic amines) is 1. The Labute approximate surface area is 101 Å². The average Bonchev–Trinajstić information content (AvgIpc) is 2.35. The Morgan fingerprint density at radius 1 is 1.59 bits per heavy atom. The van der Waals surface area contributed by atoms with E-state index in [2.05, 4.69) is 12.2 Å². The van der Waals surface area contributed by atoms with Gasteiger partial charge in [0.25, 0.3) is 0 Å². The highest BCUT2D eigenvalue weighted by molar-refractivity contribution is 6.35. The number of methoxy groups -OCH3 is 1. The molecule has 0 aromatic carbocycles. The summed E-state index contributed by atoms with van der Waals surface area (Å²) in [6.45, 7) is 2.89. The molecule has 1 aliphatic rings. The summed E-state index contributed by atoms with van der Waals surface area (Å²) in [7, 11) is 1.60. The minimum absolute atomic E-state index is 0.0310. The van der Waals surface area contributed by atoms with Crippen molar-refractivity contribution in [2.45, 2.75) is 19.4 Å². The highest BCUT2D eigenvalue weighted by Gasteiger charge is 2.31. The van der Waals surface area contributed by atoms with Crippen molar-refractivity contribution in [3.63, 3.8) is 0 Å². The van der Waals surface area contributed by atoms with E-state index in [1.807, 2.05) is 0 Å². The highest BCUT2D eigenvalue weighted by Crippen LogP contribution is 2.19. The van der Waals surface area contributed by atoms with E-state index < -0.39 is 11.8 Å². The fraction of sp³-hybridized carbons (Fsp3) is 0.727. The van der Waals surface area contributed by atoms with E-state index in [-0.39, 0.29) is 12.6 Å². The number of piperidine rings is 1. The molecule has 0 aliphatic carbocycles. The fourth-order valence-corrected chi connectivity index (χ4v) is 1.86. The summed E-state index contributed by atoms with van der Waals surface area (Å²) in [5.74, 6) is -0.934. The Hall–Kier alpha value is -1.61. The van der Waals surface area contributed by atoms with Crippen LogP contribution >= 0.6 is 0 Å². The van der Waals surface area contributed by atoms with E-state index in [1.54, 1.807) is 13.2 Å². The van der Waals surface area contributed by atoms with Gasteiger partial charge in [-0.05, 0) is 12.3 Å². The Bertz CT molecular complexity index is 337. The lowest BCUT2D eigenvalue weighted by molar-refractivity contribution is -0.148. The van der Waals surface area contributed by atoms with Crippen LogP contribution in [0.4, 0.5) is 0 Å². The van der Waals surface area contributed by atoms with Crippen molar-refractivity contribution in [3.05, 3.63) is 0 Å². The van der Waals surface area contributed by atoms with Gasteiger partial charge in [0.1, 0.15) is 6.54 Å². The maximum absolute atomic E-state index is 11.7. The van der Waals surface area contributed by atoms with Gasteiger partial charge in [0.05, 0.1) is 12.2 Å². The zero-order valence-electron chi connectivity index (χ0n) is 10.1. The van der Waals surface area contributed by atoms with Crippen molar-refractivity contribution in [2.24, 2.45) is 5.92 Å². The molecule has 94 valence electrons. The molecular weight excluding hydrogens is 222 g/mol. The Morgan fingerprint density at radius 2 is 2.29 bits per heavy atom. The molecule has 0 aromatic rings. The monoisotopic (exact) mass is 239 g/mol. The number of rotatable bonds is 2. The van der Waals surface area contributed by atoms with Gasteiger partial charge in [-0.1, -0.05) is 6.92 Å². The lowest BCUT2D eigenvalue weighted by Gasteiger charge is -2.35. The lowest BCUT2D eigenvalue weighted by atomic mass is 9.96. The van der Waals surface area contributed by atoms with Crippen molar-refractivity contribution in [1.82, 2.24) is 10.2 Å². The predicted molar refractivity (Wildman–Crippen MR) is 59.8 cm³/mol. The third-order valence-electron chi connectivity index (χ3n) is 3.00. The number of carbonyl (C=O) groups is 2. The molecule has 1 fully saturated rings. The molecule has 1 aliphatic heterocycles. The molecule has 2 amide bonds. The van der Waals surface area contributed by atoms with Crippen LogP contribution in [-0.4, -0.2) is 49.6 Å². The molecule has 6 nitrogen and oxygen atoms in total. The summed E-state index contributed by atoms with van der Waals surface area (Å²) in [5, 5.41) is 10.6. The van der Waals surface area contributed by atoms with Gasteiger partial charge in [-0.15, -0.1) is 0 Å². The van der Waals surface area contributed by atoms with Gasteiger partial charge >= 0.3 is 11.8 Å². The molecule has 1 heterocycles. The standard InChI is InChI=1S/C11H17N3O3/c1-8-3-6-14(7-9(8)17-2)11(16)10(15)13-5-4-12/h8-9H,3,5-7H2,1-2H3,(H,13,15). The third kappa shape index (κ3) is 3.43. The van der Waals surface area contributed by atoms with Gasteiger partial charge in [0.15, 0.2) is 0 Å². The zero-order valence-corrected chi connectivity index (χ0v) is 10.1. The van der Waals surface area contributed by atoms with Crippen molar-refractivity contribution < 1.29 is 14.3 Å². The lowest BCUT2D eigenvalue weighted by Crippen LogP contribution is -2.51. The van der Waals surface area contributed by atoms with Gasteiger partial charge < -0.3 is 15.0 Å². The second-order valence-electron chi connectivity index (χ2n) is 4.13. The summed E-state index contributed by atoms with van der Waals surface area (Å²) in [4.78, 5) is 24.6. The minimum Gasteiger partial charge on any atom is -0.379 e.